The Bertz CT molecular complexity index is 1140. The van der Waals surface area contributed by atoms with Gasteiger partial charge in [-0.15, -0.1) is 0 Å². The fourth-order valence-corrected chi connectivity index (χ4v) is 4.61. The van der Waals surface area contributed by atoms with Gasteiger partial charge in [-0.05, 0) is 42.3 Å². The molecule has 0 spiro atoms. The van der Waals surface area contributed by atoms with E-state index in [2.05, 4.69) is 5.32 Å². The minimum atomic E-state index is -2.03. The van der Waals surface area contributed by atoms with Gasteiger partial charge in [0.25, 0.3) is 0 Å². The van der Waals surface area contributed by atoms with Gasteiger partial charge in [0, 0.05) is 11.1 Å². The number of nitrogens with zero attached hydrogens (tertiary/aromatic N) is 2. The van der Waals surface area contributed by atoms with E-state index in [0.717, 1.165) is 10.5 Å². The molecular formula is C22H18ClN3O5. The van der Waals surface area contributed by atoms with Crippen LogP contribution in [0, 0.1) is 30.1 Å². The number of halogens is 1. The average Bonchev–Trinajstić information content (AvgIpc) is 3.25. The minimum absolute atomic E-state index is 0.246. The molecule has 3 N–H and O–H groups in total. The minimum Gasteiger partial charge on any atom is -0.480 e. The third-order valence-electron chi connectivity index (χ3n) is 6.10. The summed E-state index contributed by atoms with van der Waals surface area (Å²) in [6.45, 7) is 0.901. The van der Waals surface area contributed by atoms with Crippen molar-refractivity contribution in [2.24, 2.45) is 11.8 Å². The second-order valence-corrected chi connectivity index (χ2v) is 8.15. The second-order valence-electron chi connectivity index (χ2n) is 7.74. The molecule has 0 aromatic heterocycles. The molecule has 0 aliphatic carbocycles. The molecule has 2 aliphatic rings. The van der Waals surface area contributed by atoms with Crippen LogP contribution in [0.5, 0.6) is 0 Å². The van der Waals surface area contributed by atoms with Crippen molar-refractivity contribution < 1.29 is 24.6 Å². The number of anilines is 1. The van der Waals surface area contributed by atoms with Gasteiger partial charge in [0.2, 0.25) is 11.8 Å². The zero-order valence-corrected chi connectivity index (χ0v) is 17.1. The van der Waals surface area contributed by atoms with Gasteiger partial charge in [-0.1, -0.05) is 29.8 Å². The molecule has 2 amide bonds. The lowest BCUT2D eigenvalue weighted by Crippen LogP contribution is -2.58. The maximum Gasteiger partial charge on any atom is 0.327 e. The van der Waals surface area contributed by atoms with E-state index in [0.29, 0.717) is 16.1 Å². The lowest BCUT2D eigenvalue weighted by molar-refractivity contribution is -0.150. The van der Waals surface area contributed by atoms with Gasteiger partial charge in [-0.25, -0.2) is 4.90 Å². The van der Waals surface area contributed by atoms with E-state index in [1.54, 1.807) is 43.3 Å². The summed E-state index contributed by atoms with van der Waals surface area (Å²) >= 11 is 6.17. The van der Waals surface area contributed by atoms with E-state index >= 15 is 0 Å². The molecule has 9 heteroatoms. The second kappa shape index (κ2) is 7.46. The van der Waals surface area contributed by atoms with E-state index in [9.17, 15) is 24.6 Å². The van der Waals surface area contributed by atoms with Crippen molar-refractivity contribution in [1.82, 2.24) is 5.32 Å². The molecule has 2 aromatic carbocycles. The molecule has 2 saturated heterocycles. The number of imide groups is 1. The zero-order valence-electron chi connectivity index (χ0n) is 16.4. The first-order valence-corrected chi connectivity index (χ1v) is 9.89. The van der Waals surface area contributed by atoms with Crippen molar-refractivity contribution in [2.45, 2.75) is 18.5 Å². The fourth-order valence-electron chi connectivity index (χ4n) is 4.44. The number of carboxylic acid groups (broad SMARTS) is 1. The molecule has 2 aromatic rings. The lowest BCUT2D eigenvalue weighted by atomic mass is 9.79. The number of fused-ring (bicyclic) bond motifs is 1. The summed E-state index contributed by atoms with van der Waals surface area (Å²) in [6.07, 6.45) is 0. The molecule has 4 unspecified atom stereocenters. The summed E-state index contributed by atoms with van der Waals surface area (Å²) in [7, 11) is 0. The van der Waals surface area contributed by atoms with Gasteiger partial charge in [-0.3, -0.25) is 19.7 Å². The predicted octanol–water partition coefficient (Wildman–Crippen LogP) is 1.79. The van der Waals surface area contributed by atoms with Gasteiger partial charge in [0.05, 0.1) is 35.8 Å². The Labute approximate surface area is 182 Å². The van der Waals surface area contributed by atoms with Crippen LogP contribution in [0.4, 0.5) is 5.69 Å². The number of hydrogen-bond acceptors (Lipinski definition) is 6. The molecule has 4 atom stereocenters. The van der Waals surface area contributed by atoms with Crippen molar-refractivity contribution in [3.63, 3.8) is 0 Å². The van der Waals surface area contributed by atoms with Gasteiger partial charge in [0.1, 0.15) is 0 Å². The van der Waals surface area contributed by atoms with Crippen LogP contribution in [-0.2, 0) is 14.4 Å². The molecular weight excluding hydrogens is 422 g/mol. The third kappa shape index (κ3) is 3.01. The van der Waals surface area contributed by atoms with E-state index < -0.39 is 47.8 Å². The summed E-state index contributed by atoms with van der Waals surface area (Å²) in [6, 6.07) is 12.2. The standard InChI is InChI=1S/C22H18ClN3O5/c1-11-2-7-14(8-15(11)23)26-19(28)16-17(20(26)29)22(10-27,21(30)31)25-18(16)13-5-3-12(9-24)4-6-13/h2-8,16-18,25,27H,10H2,1H3,(H,30,31). The van der Waals surface area contributed by atoms with Crippen LogP contribution in [0.3, 0.4) is 0 Å². The summed E-state index contributed by atoms with van der Waals surface area (Å²) < 4.78 is 0. The lowest BCUT2D eigenvalue weighted by Gasteiger charge is -2.29. The van der Waals surface area contributed by atoms with Crippen molar-refractivity contribution >= 4 is 35.1 Å². The Balaban J connectivity index is 1.84. The van der Waals surface area contributed by atoms with Crippen LogP contribution in [0.2, 0.25) is 5.02 Å². The number of hydrogen-bond donors (Lipinski definition) is 3. The van der Waals surface area contributed by atoms with E-state index in [1.165, 1.54) is 6.07 Å². The molecule has 0 radical (unpaired) electrons. The number of carbonyl (C=O) groups excluding carboxylic acids is 2. The molecule has 0 saturated carbocycles. The predicted molar refractivity (Wildman–Crippen MR) is 110 cm³/mol. The molecule has 158 valence electrons. The highest BCUT2D eigenvalue weighted by molar-refractivity contribution is 6.32. The third-order valence-corrected chi connectivity index (χ3v) is 6.50. The summed E-state index contributed by atoms with van der Waals surface area (Å²) in [4.78, 5) is 39.9. The number of carboxylic acids is 1. The largest absolute Gasteiger partial charge is 0.480 e. The van der Waals surface area contributed by atoms with Crippen molar-refractivity contribution in [3.8, 4) is 6.07 Å². The summed E-state index contributed by atoms with van der Waals surface area (Å²) in [5.74, 6) is -5.08. The monoisotopic (exact) mass is 439 g/mol. The van der Waals surface area contributed by atoms with Crippen LogP contribution in [0.15, 0.2) is 42.5 Å². The molecule has 4 rings (SSSR count). The zero-order chi connectivity index (χ0) is 22.5. The van der Waals surface area contributed by atoms with Crippen LogP contribution in [0.1, 0.15) is 22.7 Å². The number of carbonyl (C=O) groups is 3. The van der Waals surface area contributed by atoms with Gasteiger partial charge >= 0.3 is 5.97 Å². The van der Waals surface area contributed by atoms with Crippen LogP contribution in [-0.4, -0.2) is 40.1 Å². The van der Waals surface area contributed by atoms with Gasteiger partial charge in [0.15, 0.2) is 5.54 Å². The Morgan fingerprint density at radius 2 is 1.90 bits per heavy atom. The topological polar surface area (TPSA) is 131 Å². The van der Waals surface area contributed by atoms with Crippen molar-refractivity contribution in [3.05, 3.63) is 64.2 Å². The maximum atomic E-state index is 13.4. The Kier molecular flexibility index (Phi) is 5.06. The van der Waals surface area contributed by atoms with Gasteiger partial charge < -0.3 is 10.2 Å². The van der Waals surface area contributed by atoms with Crippen LogP contribution in [0.25, 0.3) is 0 Å². The average molecular weight is 440 g/mol. The molecule has 2 heterocycles. The first kappa shape index (κ1) is 21.0. The molecule has 2 fully saturated rings. The Morgan fingerprint density at radius 3 is 2.45 bits per heavy atom. The highest BCUT2D eigenvalue weighted by atomic mass is 35.5. The first-order chi connectivity index (χ1) is 14.7. The number of rotatable bonds is 4. The molecule has 0 bridgehead atoms. The molecule has 2 aliphatic heterocycles. The highest BCUT2D eigenvalue weighted by Gasteiger charge is 2.68. The van der Waals surface area contributed by atoms with E-state index in [1.807, 2.05) is 6.07 Å². The highest BCUT2D eigenvalue weighted by Crippen LogP contribution is 2.49. The number of benzene rings is 2. The summed E-state index contributed by atoms with van der Waals surface area (Å²) in [5, 5.41) is 32.2. The van der Waals surface area contributed by atoms with E-state index in [-0.39, 0.29) is 5.69 Å². The van der Waals surface area contributed by atoms with Crippen molar-refractivity contribution in [1.29, 1.82) is 5.26 Å². The van der Waals surface area contributed by atoms with Crippen LogP contribution < -0.4 is 10.2 Å². The smallest absolute Gasteiger partial charge is 0.327 e. The molecule has 31 heavy (non-hydrogen) atoms. The maximum absolute atomic E-state index is 13.4. The SMILES string of the molecule is Cc1ccc(N2C(=O)C3C(c4ccc(C#N)cc4)NC(CO)(C(=O)O)C3C2=O)cc1Cl. The number of nitriles is 1. The number of aliphatic hydroxyl groups is 1. The normalized spacial score (nSPS) is 27.3. The fraction of sp³-hybridized carbons (Fsp3) is 0.273. The number of nitrogens with one attached hydrogen (secondary N) is 1. The summed E-state index contributed by atoms with van der Waals surface area (Å²) in [5.41, 5.74) is -0.0859. The van der Waals surface area contributed by atoms with Gasteiger partial charge in [-0.2, -0.15) is 5.26 Å². The molecule has 8 nitrogen and oxygen atoms in total. The van der Waals surface area contributed by atoms with E-state index in [4.69, 9.17) is 16.9 Å². The number of aliphatic hydroxyl groups excluding tert-OH is 1. The van der Waals surface area contributed by atoms with Crippen molar-refractivity contribution in [2.75, 3.05) is 11.5 Å². The quantitative estimate of drug-likeness (QED) is 0.619. The number of amides is 2. The Morgan fingerprint density at radius 1 is 1.23 bits per heavy atom. The number of aliphatic carboxylic acids is 1. The first-order valence-electron chi connectivity index (χ1n) is 9.51. The Hall–Kier alpha value is -3.25. The number of aryl methyl sites for hydroxylation is 1. The van der Waals surface area contributed by atoms with Crippen LogP contribution >= 0.6 is 11.6 Å².